The van der Waals surface area contributed by atoms with E-state index in [1.165, 1.54) is 115 Å². The van der Waals surface area contributed by atoms with Gasteiger partial charge in [0, 0.05) is 6.04 Å². The highest BCUT2D eigenvalue weighted by molar-refractivity contribution is 5.85. The van der Waals surface area contributed by atoms with Gasteiger partial charge in [-0.15, -0.1) is 24.8 Å². The van der Waals surface area contributed by atoms with Crippen molar-refractivity contribution in [2.45, 2.75) is 89.5 Å². The Labute approximate surface area is 192 Å². The van der Waals surface area contributed by atoms with Gasteiger partial charge in [-0.2, -0.15) is 0 Å². The first-order valence-corrected chi connectivity index (χ1v) is 11.9. The van der Waals surface area contributed by atoms with Gasteiger partial charge in [0.25, 0.3) is 0 Å². The van der Waals surface area contributed by atoms with Crippen LogP contribution < -0.4 is 5.32 Å². The minimum atomic E-state index is 0. The summed E-state index contributed by atoms with van der Waals surface area (Å²) in [5, 5.41) is 3.68. The number of nitrogens with one attached hydrogen (secondary N) is 1. The van der Waals surface area contributed by atoms with Crippen LogP contribution in [0, 0.1) is 5.92 Å². The molecule has 1 N–H and O–H groups in total. The van der Waals surface area contributed by atoms with E-state index in [-0.39, 0.29) is 24.8 Å². The first kappa shape index (κ1) is 26.8. The summed E-state index contributed by atoms with van der Waals surface area (Å²) >= 11 is 0. The van der Waals surface area contributed by atoms with Gasteiger partial charge in [0.1, 0.15) is 0 Å². The fourth-order valence-corrected chi connectivity index (χ4v) is 4.99. The third kappa shape index (κ3) is 11.1. The number of nitrogens with zero attached hydrogens (tertiary/aromatic N) is 1. The van der Waals surface area contributed by atoms with Gasteiger partial charge in [-0.25, -0.2) is 0 Å². The molecule has 1 unspecified atom stereocenters. The summed E-state index contributed by atoms with van der Waals surface area (Å²) in [7, 11) is 0. The summed E-state index contributed by atoms with van der Waals surface area (Å²) in [4.78, 5) is 2.73. The highest BCUT2D eigenvalue weighted by Gasteiger charge is 2.18. The summed E-state index contributed by atoms with van der Waals surface area (Å²) in [5.74, 6) is 0.980. The Hall–Kier alpha value is -0.280. The van der Waals surface area contributed by atoms with Crippen LogP contribution in [-0.4, -0.2) is 37.1 Å². The number of likely N-dealkylation sites (tertiary alicyclic amines) is 1. The molecule has 0 aliphatic carbocycles. The van der Waals surface area contributed by atoms with Gasteiger partial charge < -0.3 is 10.2 Å². The minimum absolute atomic E-state index is 0. The fraction of sp³-hybridized carbons (Fsp3) is 0.760. The van der Waals surface area contributed by atoms with E-state index in [4.69, 9.17) is 0 Å². The van der Waals surface area contributed by atoms with Crippen LogP contribution in [0.2, 0.25) is 0 Å². The second kappa shape index (κ2) is 16.4. The molecule has 1 atom stereocenters. The summed E-state index contributed by atoms with van der Waals surface area (Å²) in [6.45, 7) is 5.30. The van der Waals surface area contributed by atoms with E-state index in [1.54, 1.807) is 0 Å². The molecule has 29 heavy (non-hydrogen) atoms. The molecule has 2 fully saturated rings. The van der Waals surface area contributed by atoms with Gasteiger partial charge in [-0.1, -0.05) is 62.4 Å². The number of piperidine rings is 2. The zero-order chi connectivity index (χ0) is 18.6. The lowest BCUT2D eigenvalue weighted by molar-refractivity contribution is 0.174. The second-order valence-electron chi connectivity index (χ2n) is 9.01. The van der Waals surface area contributed by atoms with Gasteiger partial charge in [0.2, 0.25) is 0 Å². The lowest BCUT2D eigenvalue weighted by Gasteiger charge is -2.32. The Kier molecular flexibility index (Phi) is 15.1. The molecule has 2 saturated heterocycles. The minimum Gasteiger partial charge on any atom is -0.314 e. The van der Waals surface area contributed by atoms with Crippen molar-refractivity contribution < 1.29 is 0 Å². The van der Waals surface area contributed by atoms with Crippen LogP contribution in [0.25, 0.3) is 0 Å². The smallest absolute Gasteiger partial charge is 0.00670 e. The predicted octanol–water partition coefficient (Wildman–Crippen LogP) is 6.66. The highest BCUT2D eigenvalue weighted by atomic mass is 35.5. The van der Waals surface area contributed by atoms with Crippen LogP contribution in [0.3, 0.4) is 0 Å². The summed E-state index contributed by atoms with van der Waals surface area (Å²) in [6.07, 6.45) is 18.3. The van der Waals surface area contributed by atoms with Crippen molar-refractivity contribution in [2.75, 3.05) is 26.2 Å². The van der Waals surface area contributed by atoms with Crippen LogP contribution in [0.15, 0.2) is 30.3 Å². The lowest BCUT2D eigenvalue weighted by atomic mass is 9.90. The van der Waals surface area contributed by atoms with Gasteiger partial charge in [-0.05, 0) is 89.0 Å². The quantitative estimate of drug-likeness (QED) is 0.385. The molecule has 0 bridgehead atoms. The third-order valence-corrected chi connectivity index (χ3v) is 6.82. The summed E-state index contributed by atoms with van der Waals surface area (Å²) in [6, 6.07) is 11.8. The van der Waals surface area contributed by atoms with E-state index >= 15 is 0 Å². The Bertz CT molecular complexity index is 483. The molecule has 1 aromatic rings. The standard InChI is InChI=1S/C25H42N2.2ClH/c1(6-15-25-16-7-8-19-26-25)2-9-20-27-21-17-24(18-22-27)14-10-13-23-11-4-3-5-12-23;;/h3-5,11-12,24-26H,1-2,6-10,13-22H2;2*1H. The Balaban J connectivity index is 0.00000210. The molecule has 2 aliphatic heterocycles. The maximum absolute atomic E-state index is 3.68. The topological polar surface area (TPSA) is 15.3 Å². The van der Waals surface area contributed by atoms with Crippen molar-refractivity contribution in [1.29, 1.82) is 0 Å². The van der Waals surface area contributed by atoms with Crippen LogP contribution in [0.4, 0.5) is 0 Å². The Morgan fingerprint density at radius 2 is 1.55 bits per heavy atom. The zero-order valence-corrected chi connectivity index (χ0v) is 20.0. The van der Waals surface area contributed by atoms with Crippen molar-refractivity contribution in [3.05, 3.63) is 35.9 Å². The first-order valence-electron chi connectivity index (χ1n) is 11.9. The molecular weight excluding hydrogens is 399 g/mol. The van der Waals surface area contributed by atoms with E-state index in [0.29, 0.717) is 0 Å². The van der Waals surface area contributed by atoms with E-state index < -0.39 is 0 Å². The third-order valence-electron chi connectivity index (χ3n) is 6.82. The zero-order valence-electron chi connectivity index (χ0n) is 18.3. The maximum Gasteiger partial charge on any atom is 0.00670 e. The van der Waals surface area contributed by atoms with Crippen LogP contribution in [-0.2, 0) is 6.42 Å². The van der Waals surface area contributed by atoms with E-state index in [1.807, 2.05) is 0 Å². The van der Waals surface area contributed by atoms with E-state index in [2.05, 4.69) is 40.5 Å². The molecule has 0 aromatic heterocycles. The number of aryl methyl sites for hydroxylation is 1. The average molecular weight is 444 g/mol. The molecule has 0 saturated carbocycles. The monoisotopic (exact) mass is 442 g/mol. The summed E-state index contributed by atoms with van der Waals surface area (Å²) in [5.41, 5.74) is 1.51. The number of hydrogen-bond acceptors (Lipinski definition) is 2. The number of halogens is 2. The average Bonchev–Trinajstić information content (AvgIpc) is 2.73. The van der Waals surface area contributed by atoms with Crippen LogP contribution in [0.1, 0.15) is 82.6 Å². The Morgan fingerprint density at radius 3 is 2.28 bits per heavy atom. The van der Waals surface area contributed by atoms with Gasteiger partial charge >= 0.3 is 0 Å². The Morgan fingerprint density at radius 1 is 0.793 bits per heavy atom. The largest absolute Gasteiger partial charge is 0.314 e. The van der Waals surface area contributed by atoms with Crippen molar-refractivity contribution in [3.63, 3.8) is 0 Å². The molecule has 2 nitrogen and oxygen atoms in total. The van der Waals surface area contributed by atoms with E-state index in [0.717, 1.165) is 12.0 Å². The van der Waals surface area contributed by atoms with Crippen molar-refractivity contribution >= 4 is 24.8 Å². The molecule has 2 aliphatic rings. The molecular formula is C25H44Cl2N2. The number of benzene rings is 1. The van der Waals surface area contributed by atoms with Crippen molar-refractivity contribution in [1.82, 2.24) is 10.2 Å². The molecule has 168 valence electrons. The SMILES string of the molecule is Cl.Cl.c1ccc(CCCC2CCN(CCCCCCC3CCCCN3)CC2)cc1. The predicted molar refractivity (Wildman–Crippen MR) is 132 cm³/mol. The molecule has 0 radical (unpaired) electrons. The number of hydrogen-bond donors (Lipinski definition) is 1. The number of unbranched alkanes of at least 4 members (excludes halogenated alkanes) is 3. The van der Waals surface area contributed by atoms with Crippen LogP contribution in [0.5, 0.6) is 0 Å². The van der Waals surface area contributed by atoms with E-state index in [9.17, 15) is 0 Å². The normalized spacial score (nSPS) is 20.6. The molecule has 3 rings (SSSR count). The van der Waals surface area contributed by atoms with Crippen molar-refractivity contribution in [3.8, 4) is 0 Å². The molecule has 0 spiro atoms. The molecule has 4 heteroatoms. The fourth-order valence-electron chi connectivity index (χ4n) is 4.99. The molecule has 0 amide bonds. The summed E-state index contributed by atoms with van der Waals surface area (Å²) < 4.78 is 0. The van der Waals surface area contributed by atoms with Crippen LogP contribution >= 0.6 is 24.8 Å². The molecule has 2 heterocycles. The lowest BCUT2D eigenvalue weighted by Crippen LogP contribution is -2.34. The van der Waals surface area contributed by atoms with Gasteiger partial charge in [0.05, 0.1) is 0 Å². The van der Waals surface area contributed by atoms with Crippen molar-refractivity contribution in [2.24, 2.45) is 5.92 Å². The maximum atomic E-state index is 3.68. The molecule has 1 aromatic carbocycles. The first-order chi connectivity index (χ1) is 13.4. The van der Waals surface area contributed by atoms with Gasteiger partial charge in [-0.3, -0.25) is 0 Å². The second-order valence-corrected chi connectivity index (χ2v) is 9.01. The number of rotatable bonds is 11. The van der Waals surface area contributed by atoms with Gasteiger partial charge in [0.15, 0.2) is 0 Å². The highest BCUT2D eigenvalue weighted by Crippen LogP contribution is 2.23.